The van der Waals surface area contributed by atoms with E-state index in [0.717, 1.165) is 0 Å². The molecule has 20 heavy (non-hydrogen) atoms. The van der Waals surface area contributed by atoms with Gasteiger partial charge in [-0.3, -0.25) is 0 Å². The Hall–Kier alpha value is -0.430. The van der Waals surface area contributed by atoms with Crippen LogP contribution in [-0.4, -0.2) is 30.4 Å². The van der Waals surface area contributed by atoms with Gasteiger partial charge in [0.05, 0.1) is 11.5 Å². The maximum absolute atomic E-state index is 12.8. The summed E-state index contributed by atoms with van der Waals surface area (Å²) in [5.41, 5.74) is 0.761. The number of aliphatic hydroxyl groups excluding tert-OH is 1. The first kappa shape index (κ1) is 17.6. The van der Waals surface area contributed by atoms with Crippen LogP contribution in [0.2, 0.25) is 0 Å². The van der Waals surface area contributed by atoms with E-state index in [-0.39, 0.29) is 11.5 Å². The molecule has 0 heterocycles. The third kappa shape index (κ3) is 3.24. The van der Waals surface area contributed by atoms with Gasteiger partial charge in [-0.25, -0.2) is 8.42 Å². The topological polar surface area (TPSA) is 57.6 Å². The summed E-state index contributed by atoms with van der Waals surface area (Å²) in [4.78, 5) is 0.236. The highest BCUT2D eigenvalue weighted by Gasteiger charge is 2.34. The van der Waals surface area contributed by atoms with Crippen LogP contribution in [0.1, 0.15) is 38.3 Å². The molecule has 1 aromatic rings. The molecule has 0 aliphatic rings. The minimum atomic E-state index is -3.60. The molecule has 0 spiro atoms. The normalized spacial score (nSPS) is 13.0. The molecule has 0 radical (unpaired) electrons. The van der Waals surface area contributed by atoms with E-state index in [4.69, 9.17) is 0 Å². The molecule has 0 saturated heterocycles. The SMILES string of the molecule is CCC(C)(C)N(C)S(=O)(=O)c1cc(CO)cc(Br)c1C. The number of benzene rings is 1. The lowest BCUT2D eigenvalue weighted by atomic mass is 10.0. The van der Waals surface area contributed by atoms with Crippen molar-refractivity contribution in [3.8, 4) is 0 Å². The fraction of sp³-hybridized carbons (Fsp3) is 0.571. The molecule has 0 aromatic heterocycles. The third-order valence-corrected chi connectivity index (χ3v) is 6.91. The van der Waals surface area contributed by atoms with Crippen LogP contribution in [0.15, 0.2) is 21.5 Å². The van der Waals surface area contributed by atoms with Crippen LogP contribution in [0, 0.1) is 6.92 Å². The second kappa shape index (κ2) is 6.13. The Morgan fingerprint density at radius 1 is 1.35 bits per heavy atom. The predicted molar refractivity (Wildman–Crippen MR) is 84.1 cm³/mol. The summed E-state index contributed by atoms with van der Waals surface area (Å²) >= 11 is 3.35. The zero-order chi connectivity index (χ0) is 15.7. The standard InChI is InChI=1S/C14H22BrNO3S/c1-6-14(3,4)16(5)20(18,19)13-8-11(9-17)7-12(15)10(13)2/h7-8,17H,6,9H2,1-5H3. The van der Waals surface area contributed by atoms with Crippen molar-refractivity contribution in [2.24, 2.45) is 0 Å². The number of hydrogen-bond donors (Lipinski definition) is 1. The van der Waals surface area contributed by atoms with Gasteiger partial charge in [0.1, 0.15) is 0 Å². The molecular formula is C14H22BrNO3S. The molecule has 1 aromatic carbocycles. The Kier molecular flexibility index (Phi) is 5.40. The van der Waals surface area contributed by atoms with Crippen LogP contribution in [0.4, 0.5) is 0 Å². The van der Waals surface area contributed by atoms with Crippen molar-refractivity contribution >= 4 is 26.0 Å². The lowest BCUT2D eigenvalue weighted by Gasteiger charge is -2.34. The van der Waals surface area contributed by atoms with Crippen molar-refractivity contribution in [3.05, 3.63) is 27.7 Å². The first-order valence-corrected chi connectivity index (χ1v) is 8.70. The van der Waals surface area contributed by atoms with Crippen molar-refractivity contribution in [3.63, 3.8) is 0 Å². The molecular weight excluding hydrogens is 342 g/mol. The molecule has 1 rings (SSSR count). The largest absolute Gasteiger partial charge is 0.392 e. The van der Waals surface area contributed by atoms with Crippen LogP contribution in [0.25, 0.3) is 0 Å². The van der Waals surface area contributed by atoms with Crippen molar-refractivity contribution in [1.82, 2.24) is 4.31 Å². The van der Waals surface area contributed by atoms with Crippen LogP contribution in [-0.2, 0) is 16.6 Å². The van der Waals surface area contributed by atoms with E-state index < -0.39 is 15.6 Å². The van der Waals surface area contributed by atoms with Gasteiger partial charge in [0, 0.05) is 17.1 Å². The van der Waals surface area contributed by atoms with Gasteiger partial charge in [-0.1, -0.05) is 22.9 Å². The van der Waals surface area contributed by atoms with E-state index in [1.165, 1.54) is 10.4 Å². The number of aliphatic hydroxyl groups is 1. The molecule has 0 aliphatic carbocycles. The molecule has 0 atom stereocenters. The number of halogens is 1. The monoisotopic (exact) mass is 363 g/mol. The van der Waals surface area contributed by atoms with Gasteiger partial charge in [0.15, 0.2) is 0 Å². The number of sulfonamides is 1. The molecule has 0 bridgehead atoms. The van der Waals surface area contributed by atoms with E-state index in [1.54, 1.807) is 20.0 Å². The Morgan fingerprint density at radius 3 is 2.35 bits per heavy atom. The van der Waals surface area contributed by atoms with Gasteiger partial charge < -0.3 is 5.11 Å². The predicted octanol–water partition coefficient (Wildman–Crippen LogP) is 3.06. The van der Waals surface area contributed by atoms with Gasteiger partial charge in [-0.05, 0) is 50.5 Å². The molecule has 1 N–H and O–H groups in total. The summed E-state index contributed by atoms with van der Waals surface area (Å²) in [6.07, 6.45) is 0.711. The number of hydrogen-bond acceptors (Lipinski definition) is 3. The van der Waals surface area contributed by atoms with E-state index in [1.807, 2.05) is 20.8 Å². The van der Waals surface area contributed by atoms with Crippen molar-refractivity contribution < 1.29 is 13.5 Å². The van der Waals surface area contributed by atoms with Crippen molar-refractivity contribution in [2.45, 2.75) is 51.2 Å². The maximum Gasteiger partial charge on any atom is 0.243 e. The zero-order valence-corrected chi connectivity index (χ0v) is 15.0. The molecule has 0 unspecified atom stereocenters. The van der Waals surface area contributed by atoms with E-state index >= 15 is 0 Å². The average molecular weight is 364 g/mol. The second-order valence-corrected chi connectivity index (χ2v) is 8.29. The minimum absolute atomic E-state index is 0.192. The molecule has 4 nitrogen and oxygen atoms in total. The second-order valence-electron chi connectivity index (χ2n) is 5.50. The highest BCUT2D eigenvalue weighted by Crippen LogP contribution is 2.31. The summed E-state index contributed by atoms with van der Waals surface area (Å²) < 4.78 is 27.7. The van der Waals surface area contributed by atoms with Gasteiger partial charge in [-0.15, -0.1) is 0 Å². The van der Waals surface area contributed by atoms with Crippen molar-refractivity contribution in [1.29, 1.82) is 0 Å². The Bertz CT molecular complexity index is 597. The van der Waals surface area contributed by atoms with E-state index in [0.29, 0.717) is 22.0 Å². The Labute approximate surface area is 130 Å². The highest BCUT2D eigenvalue weighted by atomic mass is 79.9. The summed E-state index contributed by atoms with van der Waals surface area (Å²) in [6, 6.07) is 3.27. The van der Waals surface area contributed by atoms with Crippen LogP contribution >= 0.6 is 15.9 Å². The molecule has 114 valence electrons. The number of rotatable bonds is 5. The van der Waals surface area contributed by atoms with Crippen molar-refractivity contribution in [2.75, 3.05) is 7.05 Å². The lowest BCUT2D eigenvalue weighted by Crippen LogP contribution is -2.44. The third-order valence-electron chi connectivity index (χ3n) is 3.90. The molecule has 6 heteroatoms. The minimum Gasteiger partial charge on any atom is -0.392 e. The van der Waals surface area contributed by atoms with E-state index in [9.17, 15) is 13.5 Å². The van der Waals surface area contributed by atoms with Gasteiger partial charge in [0.25, 0.3) is 0 Å². The highest BCUT2D eigenvalue weighted by molar-refractivity contribution is 9.10. The number of nitrogens with zero attached hydrogens (tertiary/aromatic N) is 1. The smallest absolute Gasteiger partial charge is 0.243 e. The quantitative estimate of drug-likeness (QED) is 0.874. The fourth-order valence-corrected chi connectivity index (χ4v) is 4.27. The summed E-state index contributed by atoms with van der Waals surface area (Å²) in [5.74, 6) is 0. The average Bonchev–Trinajstić information content (AvgIpc) is 2.40. The zero-order valence-electron chi connectivity index (χ0n) is 12.6. The summed E-state index contributed by atoms with van der Waals surface area (Å²) in [5, 5.41) is 9.26. The van der Waals surface area contributed by atoms with E-state index in [2.05, 4.69) is 15.9 Å². The molecule has 0 fully saturated rings. The molecule has 0 amide bonds. The first-order valence-electron chi connectivity index (χ1n) is 6.46. The summed E-state index contributed by atoms with van der Waals surface area (Å²) in [7, 11) is -2.01. The maximum atomic E-state index is 12.8. The van der Waals surface area contributed by atoms with Gasteiger partial charge in [-0.2, -0.15) is 4.31 Å². The van der Waals surface area contributed by atoms with Crippen LogP contribution in [0.5, 0.6) is 0 Å². The summed E-state index contributed by atoms with van der Waals surface area (Å²) in [6.45, 7) is 7.31. The molecule has 0 aliphatic heterocycles. The van der Waals surface area contributed by atoms with Gasteiger partial charge in [0.2, 0.25) is 10.0 Å². The van der Waals surface area contributed by atoms with Gasteiger partial charge >= 0.3 is 0 Å². The fourth-order valence-electron chi connectivity index (χ4n) is 1.76. The Balaban J connectivity index is 3.47. The van der Waals surface area contributed by atoms with Crippen LogP contribution in [0.3, 0.4) is 0 Å². The Morgan fingerprint density at radius 2 is 1.90 bits per heavy atom. The first-order chi connectivity index (χ1) is 9.07. The molecule has 0 saturated carbocycles. The lowest BCUT2D eigenvalue weighted by molar-refractivity contribution is 0.257. The van der Waals surface area contributed by atoms with Crippen LogP contribution < -0.4 is 0 Å².